The second-order valence-corrected chi connectivity index (χ2v) is 26.6. The minimum absolute atomic E-state index is 0.0684. The lowest BCUT2D eigenvalue weighted by molar-refractivity contribution is -0.327. The zero-order valence-electron chi connectivity index (χ0n) is 59.7. The van der Waals surface area contributed by atoms with Crippen LogP contribution in [0.3, 0.4) is 0 Å². The molecule has 0 heterocycles. The number of alkyl halides is 6. The van der Waals surface area contributed by atoms with E-state index in [9.17, 15) is 53.9 Å². The Hall–Kier alpha value is -6.59. The Morgan fingerprint density at radius 3 is 0.582 bits per heavy atom. The van der Waals surface area contributed by atoms with Crippen molar-refractivity contribution in [3.05, 3.63) is 172 Å². The number of methoxy groups -OCH3 is 1. The van der Waals surface area contributed by atoms with Crippen LogP contribution in [-0.4, -0.2) is 204 Å². The molecule has 0 aliphatic carbocycles. The molecule has 0 aliphatic rings. The maximum Gasteiger partial charge on any atom is 0.402 e. The molecule has 0 amide bonds. The summed E-state index contributed by atoms with van der Waals surface area (Å²) in [4.78, 5) is 53.6. The summed E-state index contributed by atoms with van der Waals surface area (Å²) in [7, 11) is 0.583. The second-order valence-electron chi connectivity index (χ2n) is 24.3. The highest BCUT2D eigenvalue weighted by molar-refractivity contribution is 7.89. The molecule has 0 bridgehead atoms. The van der Waals surface area contributed by atoms with Crippen molar-refractivity contribution in [2.24, 2.45) is 27.1 Å². The molecule has 0 saturated carbocycles. The number of carbonyl (C=O) groups excluding carboxylic acids is 4. The number of hydrogen-bond acceptors (Lipinski definition) is 19. The fourth-order valence-corrected chi connectivity index (χ4v) is 6.47. The Morgan fingerprint density at radius 2 is 0.480 bits per heavy atom. The lowest BCUT2D eigenvalue weighted by atomic mass is 9.92. The van der Waals surface area contributed by atoms with E-state index in [0.717, 1.165) is 12.5 Å². The smallest absolute Gasteiger partial charge is 0.402 e. The minimum Gasteiger partial charge on any atom is -0.461 e. The lowest BCUT2D eigenvalue weighted by Gasteiger charge is -2.32. The molecule has 2 aromatic carbocycles. The first kappa shape index (κ1) is 97.8. The first-order valence-electron chi connectivity index (χ1n) is 30.8. The molecule has 0 N–H and O–H groups in total. The van der Waals surface area contributed by atoms with Gasteiger partial charge >= 0.3 is 36.2 Å². The summed E-state index contributed by atoms with van der Waals surface area (Å²) in [5, 5.41) is 0. The number of esters is 4. The normalized spacial score (nSPS) is 11.5. The van der Waals surface area contributed by atoms with Crippen LogP contribution in [0.4, 0.5) is 26.3 Å². The molecule has 0 aromatic heterocycles. The molecule has 0 fully saturated rings. The van der Waals surface area contributed by atoms with Gasteiger partial charge in [0.25, 0.3) is 0 Å². The summed E-state index contributed by atoms with van der Waals surface area (Å²) in [6, 6.07) is 11.5. The molecule has 0 spiro atoms. The highest BCUT2D eigenvalue weighted by Crippen LogP contribution is 2.49. The number of hydrogen-bond donors (Lipinski definition) is 0. The quantitative estimate of drug-likeness (QED) is 0.0198. The summed E-state index contributed by atoms with van der Waals surface area (Å²) in [5.41, 5.74) is -5.45. The van der Waals surface area contributed by atoms with Crippen molar-refractivity contribution >= 4 is 33.7 Å². The summed E-state index contributed by atoms with van der Waals surface area (Å²) in [6.07, 6.45) is 5.80. The predicted molar refractivity (Wildman–Crippen MR) is 370 cm³/mol. The van der Waals surface area contributed by atoms with Crippen LogP contribution < -0.4 is 0 Å². The molecule has 2 rings (SSSR count). The first-order chi connectivity index (χ1) is 45.8. The monoisotopic (exact) mass is 1420 g/mol. The van der Waals surface area contributed by atoms with Crippen molar-refractivity contribution in [2.75, 3.05) is 159 Å². The molecule has 26 heteroatoms. The van der Waals surface area contributed by atoms with E-state index in [2.05, 4.69) is 98.9 Å². The van der Waals surface area contributed by atoms with E-state index in [-0.39, 0.29) is 168 Å². The van der Waals surface area contributed by atoms with Crippen molar-refractivity contribution in [1.29, 1.82) is 0 Å². The number of rotatable bonds is 44. The van der Waals surface area contributed by atoms with Gasteiger partial charge in [0.15, 0.2) is 5.41 Å². The fraction of sp³-hybridized carbons (Fsp3) is 0.556. The van der Waals surface area contributed by atoms with Gasteiger partial charge in [-0.3, -0.25) is 0 Å². The van der Waals surface area contributed by atoms with Gasteiger partial charge in [-0.1, -0.05) is 96.6 Å². The number of halogens is 6. The van der Waals surface area contributed by atoms with Crippen molar-refractivity contribution in [3.8, 4) is 0 Å². The Morgan fingerprint density at radius 1 is 0.357 bits per heavy atom. The van der Waals surface area contributed by atoms with Gasteiger partial charge < -0.3 is 61.6 Å². The van der Waals surface area contributed by atoms with E-state index in [1.165, 1.54) is 55.0 Å². The molecule has 0 radical (unpaired) electrons. The van der Waals surface area contributed by atoms with Crippen LogP contribution in [0.1, 0.15) is 103 Å². The van der Waals surface area contributed by atoms with Gasteiger partial charge in [0, 0.05) is 26.7 Å². The Bertz CT molecular complexity index is 2440. The van der Waals surface area contributed by atoms with Crippen LogP contribution in [0, 0.1) is 27.1 Å². The largest absolute Gasteiger partial charge is 0.461 e. The lowest BCUT2D eigenvalue weighted by Crippen LogP contribution is -2.44. The standard InChI is InChI=1S/C55H72O16.C5H6F6.C5H12.C3H8.C2H6O2S.C2H6O/c1-9-25-60-33-53(34-61-26-10-2,35-62-27-11-3)41-68-49(56)45-17-21-47(22-18-45)51(58)70-43-55(39-66-31-15-7,40-67-32-16-8)44-71-52(59)48-23-19-46(20-24-48)50(57)69-42-54(36-63-28-12-4,37-64-29-13-5)38-65-30-14-6;1-3(2,4(6,7)8)5(9,10)11;1-5(2,3)4;1-3-2;1-5(2,3)4;1-3-2/h9-24H,1-8,25-44H2;1-2H3;1-4H3;3H2,1-2H3;1-2H3;1-2H3. The number of benzene rings is 2. The molecule has 0 atom stereocenters. The van der Waals surface area contributed by atoms with Crippen molar-refractivity contribution < 1.29 is 116 Å². The van der Waals surface area contributed by atoms with Crippen LogP contribution in [0.15, 0.2) is 150 Å². The molecule has 0 unspecified atom stereocenters. The van der Waals surface area contributed by atoms with Crippen molar-refractivity contribution in [3.63, 3.8) is 0 Å². The average Bonchev–Trinajstić information content (AvgIpc) is 0.802. The van der Waals surface area contributed by atoms with E-state index in [0.29, 0.717) is 5.41 Å². The molecule has 19 nitrogen and oxygen atoms in total. The molecule has 560 valence electrons. The van der Waals surface area contributed by atoms with E-state index < -0.39 is 67.7 Å². The van der Waals surface area contributed by atoms with Gasteiger partial charge in [-0.25, -0.2) is 27.6 Å². The Labute approximate surface area is 579 Å². The van der Waals surface area contributed by atoms with E-state index >= 15 is 0 Å². The Kier molecular flexibility index (Phi) is 54.1. The van der Waals surface area contributed by atoms with Crippen LogP contribution in [0.2, 0.25) is 0 Å². The summed E-state index contributed by atoms with van der Waals surface area (Å²) >= 11 is 0. The minimum atomic E-state index is -5.24. The third-order valence-electron chi connectivity index (χ3n) is 11.3. The Balaban J connectivity index is -0.00000137. The topological polar surface area (TPSA) is 222 Å². The highest BCUT2D eigenvalue weighted by atomic mass is 32.2. The van der Waals surface area contributed by atoms with Crippen molar-refractivity contribution in [2.45, 2.75) is 74.2 Å². The number of ether oxygens (including phenoxy) is 13. The van der Waals surface area contributed by atoms with Crippen LogP contribution in [-0.2, 0) is 71.4 Å². The van der Waals surface area contributed by atoms with Crippen molar-refractivity contribution in [1.82, 2.24) is 0 Å². The van der Waals surface area contributed by atoms with E-state index in [4.69, 9.17) is 56.8 Å². The molecule has 0 saturated heterocycles. The van der Waals surface area contributed by atoms with Gasteiger partial charge in [0.05, 0.1) is 144 Å². The van der Waals surface area contributed by atoms with Gasteiger partial charge in [0.2, 0.25) is 0 Å². The third-order valence-corrected chi connectivity index (χ3v) is 11.3. The van der Waals surface area contributed by atoms with Crippen LogP contribution in [0.25, 0.3) is 0 Å². The average molecular weight is 1430 g/mol. The summed E-state index contributed by atoms with van der Waals surface area (Å²) in [6.45, 7) is 44.5. The van der Waals surface area contributed by atoms with Gasteiger partial charge in [0.1, 0.15) is 36.3 Å². The van der Waals surface area contributed by atoms with Gasteiger partial charge in [-0.05, 0) is 67.8 Å². The number of sulfone groups is 1. The van der Waals surface area contributed by atoms with Gasteiger partial charge in [-0.2, -0.15) is 26.3 Å². The third kappa shape index (κ3) is 49.0. The predicted octanol–water partition coefficient (Wildman–Crippen LogP) is 14.1. The SMILES string of the molecule is C=CCOCC(COCC=C)(COCC=C)COC(=O)c1ccc(C(=O)OCC(COCC=C)(COCC=C)COC(=O)c2ccc(C(=O)OCC(COCC=C)(COCC=C)COCC=C)cc2)cc1.CC(C)(C(F)(F)F)C(F)(F)F.CC(C)(C)C.CCC.COC.CS(C)(=O)=O. The second kappa shape index (κ2) is 54.3. The highest BCUT2D eigenvalue weighted by Gasteiger charge is 2.64. The summed E-state index contributed by atoms with van der Waals surface area (Å²) in [5.74, 6) is -2.77. The molecular formula is C72H110F6O19S. The molecule has 2 aromatic rings. The molecule has 0 aliphatic heterocycles. The molecule has 98 heavy (non-hydrogen) atoms. The van der Waals surface area contributed by atoms with Crippen LogP contribution in [0.5, 0.6) is 0 Å². The van der Waals surface area contributed by atoms with E-state index in [1.807, 2.05) is 0 Å². The summed E-state index contributed by atoms with van der Waals surface area (Å²) < 4.78 is 162. The zero-order valence-corrected chi connectivity index (χ0v) is 60.5. The van der Waals surface area contributed by atoms with E-state index in [1.54, 1.807) is 62.8 Å². The van der Waals surface area contributed by atoms with Gasteiger partial charge in [-0.15, -0.1) is 52.6 Å². The van der Waals surface area contributed by atoms with Crippen LogP contribution >= 0.6 is 0 Å². The number of carbonyl (C=O) groups is 4. The molecular weight excluding hydrogens is 1310 g/mol. The first-order valence-corrected chi connectivity index (χ1v) is 33.1. The maximum absolute atomic E-state index is 13.5. The fourth-order valence-electron chi connectivity index (χ4n) is 6.47. The maximum atomic E-state index is 13.5. The zero-order chi connectivity index (χ0) is 76.0.